The highest BCUT2D eigenvalue weighted by Crippen LogP contribution is 2.21. The van der Waals surface area contributed by atoms with E-state index in [-0.39, 0.29) is 10.4 Å². The van der Waals surface area contributed by atoms with Gasteiger partial charge in [0.25, 0.3) is 0 Å². The number of carbonyl (C=O) groups is 1. The lowest BCUT2D eigenvalue weighted by Crippen LogP contribution is -2.28. The van der Waals surface area contributed by atoms with Crippen LogP contribution in [0.15, 0.2) is 24.3 Å². The van der Waals surface area contributed by atoms with E-state index in [1.54, 1.807) is 0 Å². The Balaban J connectivity index is 2.28. The van der Waals surface area contributed by atoms with Gasteiger partial charge in [-0.15, -0.1) is 0 Å². The molecule has 3 rings (SSSR count). The first-order chi connectivity index (χ1) is 16.4. The minimum Gasteiger partial charge on any atom is -0.447 e. The number of alkyl carbamates (subject to hydrolysis) is 1. The standard InChI is InChI=1S/C16H21N3O2/c1-19(2)6-5-12-9-17-15-4-3-11(8-14(12)15)7-13-10-21-16(20)18-13/h3-4,8-9,13,17H,5-7,10H2,1-2H3,(H,18,20)/t13-/m0/s1/i1D3,2D3,3D,4D,6D2,7D2,8D,9D,10D2. The first-order valence-electron chi connectivity index (χ1n) is 13.9. The van der Waals surface area contributed by atoms with Crippen molar-refractivity contribution in [2.24, 2.45) is 0 Å². The van der Waals surface area contributed by atoms with Crippen LogP contribution >= 0.6 is 0 Å². The van der Waals surface area contributed by atoms with Gasteiger partial charge in [0, 0.05) is 37.3 Å². The highest BCUT2D eigenvalue weighted by molar-refractivity contribution is 5.84. The fraction of sp³-hybridized carbons (Fsp3) is 0.438. The van der Waals surface area contributed by atoms with Crippen LogP contribution in [-0.4, -0.2) is 49.0 Å². The van der Waals surface area contributed by atoms with E-state index < -0.39 is 92.7 Å². The molecule has 1 aromatic carbocycles. The van der Waals surface area contributed by atoms with E-state index in [1.165, 1.54) is 0 Å². The highest BCUT2D eigenvalue weighted by atomic mass is 16.6. The molecule has 1 aromatic heterocycles. The van der Waals surface area contributed by atoms with Crippen LogP contribution in [0.5, 0.6) is 0 Å². The van der Waals surface area contributed by atoms with Gasteiger partial charge in [-0.1, -0.05) is 6.04 Å². The van der Waals surface area contributed by atoms with E-state index in [1.807, 2.05) is 5.32 Å². The maximum absolute atomic E-state index is 11.6. The Kier molecular flexibility index (Phi) is 1.23. The average Bonchev–Trinajstić information content (AvgIpc) is 3.12. The largest absolute Gasteiger partial charge is 0.447 e. The first kappa shape index (κ1) is 4.49. The summed E-state index contributed by atoms with van der Waals surface area (Å²) in [6.45, 7) is -13.0. The molecule has 0 unspecified atom stereocenters. The zero-order valence-electron chi connectivity index (χ0n) is 26.5. The number of rotatable bonds is 5. The number of nitrogens with zero attached hydrogens (tertiary/aromatic N) is 1. The number of ether oxygens (including phenoxy) is 1. The molecular weight excluding hydrogens is 266 g/mol. The van der Waals surface area contributed by atoms with Crippen LogP contribution < -0.4 is 5.32 Å². The van der Waals surface area contributed by atoms with Crippen molar-refractivity contribution < 1.29 is 31.5 Å². The van der Waals surface area contributed by atoms with Crippen molar-refractivity contribution in [3.63, 3.8) is 0 Å². The summed E-state index contributed by atoms with van der Waals surface area (Å²) in [6, 6.07) is -4.57. The number of aromatic amines is 1. The predicted molar refractivity (Wildman–Crippen MR) is 82.5 cm³/mol. The lowest BCUT2D eigenvalue weighted by molar-refractivity contribution is 0.177. The van der Waals surface area contributed by atoms with Gasteiger partial charge in [-0.25, -0.2) is 4.79 Å². The fourth-order valence-corrected chi connectivity index (χ4v) is 1.79. The van der Waals surface area contributed by atoms with Gasteiger partial charge in [0.1, 0.15) is 6.56 Å². The molecule has 0 radical (unpaired) electrons. The quantitative estimate of drug-likeness (QED) is 0.887. The second kappa shape index (κ2) is 5.77. The van der Waals surface area contributed by atoms with Gasteiger partial charge in [-0.2, -0.15) is 0 Å². The van der Waals surface area contributed by atoms with Gasteiger partial charge < -0.3 is 19.9 Å². The Hall–Kier alpha value is -2.01. The van der Waals surface area contributed by atoms with Gasteiger partial charge in [0.2, 0.25) is 0 Å². The van der Waals surface area contributed by atoms with Gasteiger partial charge >= 0.3 is 6.09 Å². The van der Waals surface area contributed by atoms with E-state index in [9.17, 15) is 4.79 Å². The number of hydrogen-bond acceptors (Lipinski definition) is 3. The Morgan fingerprint density at radius 2 is 2.52 bits per heavy atom. The van der Waals surface area contributed by atoms with E-state index in [0.717, 1.165) is 0 Å². The number of likely N-dealkylation sites (N-methyl/N-ethyl adjacent to an activating group) is 1. The van der Waals surface area contributed by atoms with Crippen LogP contribution in [0.3, 0.4) is 0 Å². The number of fused-ring (bicyclic) bond motifs is 1. The molecule has 21 heavy (non-hydrogen) atoms. The molecule has 0 bridgehead atoms. The summed E-state index contributed by atoms with van der Waals surface area (Å²) in [7, 11) is 0. The van der Waals surface area contributed by atoms with E-state index in [4.69, 9.17) is 21.9 Å². The monoisotopic (exact) mass is 303 g/mol. The van der Waals surface area contributed by atoms with Crippen LogP contribution in [0.2, 0.25) is 0 Å². The van der Waals surface area contributed by atoms with Crippen molar-refractivity contribution in [2.45, 2.75) is 18.8 Å². The maximum Gasteiger partial charge on any atom is 0.407 e. The number of H-pyrrole nitrogens is 1. The van der Waals surface area contributed by atoms with E-state index in [0.29, 0.717) is 0 Å². The van der Waals surface area contributed by atoms with Gasteiger partial charge in [-0.05, 0) is 50.0 Å². The number of aryl methyl sites for hydroxylation is 1. The van der Waals surface area contributed by atoms with Crippen molar-refractivity contribution in [1.82, 2.24) is 15.2 Å². The van der Waals surface area contributed by atoms with Crippen molar-refractivity contribution in [3.05, 3.63) is 35.4 Å². The second-order valence-electron chi connectivity index (χ2n) is 4.13. The van der Waals surface area contributed by atoms with Crippen LogP contribution in [0.25, 0.3) is 10.9 Å². The topological polar surface area (TPSA) is 57.4 Å². The van der Waals surface area contributed by atoms with Crippen LogP contribution in [0.4, 0.5) is 4.79 Å². The zero-order chi connectivity index (χ0) is 28.7. The molecule has 0 spiro atoms. The third-order valence-corrected chi connectivity index (χ3v) is 2.69. The highest BCUT2D eigenvalue weighted by Gasteiger charge is 2.22. The van der Waals surface area contributed by atoms with E-state index in [2.05, 4.69) is 9.72 Å². The minimum atomic E-state index is -3.45. The fourth-order valence-electron chi connectivity index (χ4n) is 1.79. The molecule has 5 heteroatoms. The molecule has 5 nitrogen and oxygen atoms in total. The summed E-state index contributed by atoms with van der Waals surface area (Å²) in [6.07, 6.45) is -6.07. The molecule has 1 fully saturated rings. The lowest BCUT2D eigenvalue weighted by Gasteiger charge is -2.09. The SMILES string of the molecule is [2H]c1[nH]c2c([2H])c([2H])c(C([2H])([2H])[C@@H]3NC(=O)OC3([2H])[2H])c([2H])c2c1CC([2H])([2H])N(C([2H])([2H])[2H])C([2H])([2H])[2H]. The smallest absolute Gasteiger partial charge is 0.407 e. The normalized spacial score (nSPS) is 34.3. The number of cyclic esters (lactones) is 1. The third kappa shape index (κ3) is 3.19. The molecule has 1 aliphatic heterocycles. The van der Waals surface area contributed by atoms with Crippen molar-refractivity contribution in [1.29, 1.82) is 0 Å². The zero-order valence-corrected chi connectivity index (χ0v) is 10.5. The summed E-state index contributed by atoms with van der Waals surface area (Å²) in [5.41, 5.74) is -1.72. The Labute approximate surface area is 146 Å². The summed E-state index contributed by atoms with van der Waals surface area (Å²) in [5.74, 6) is 0. The summed E-state index contributed by atoms with van der Waals surface area (Å²) in [4.78, 5) is 13.6. The molecule has 1 saturated heterocycles. The maximum atomic E-state index is 11.6. The summed E-state index contributed by atoms with van der Waals surface area (Å²) >= 11 is 0. The number of amides is 1. The molecule has 0 aliphatic carbocycles. The number of hydrogen-bond donors (Lipinski definition) is 2. The first-order valence-corrected chi connectivity index (χ1v) is 5.86. The van der Waals surface area contributed by atoms with Crippen LogP contribution in [-0.2, 0) is 17.5 Å². The van der Waals surface area contributed by atoms with Gasteiger partial charge in [-0.3, -0.25) is 0 Å². The molecule has 0 saturated carbocycles. The van der Waals surface area contributed by atoms with Gasteiger partial charge in [0.15, 0.2) is 0 Å². The molecule has 2 aromatic rings. The lowest BCUT2D eigenvalue weighted by atomic mass is 10.0. The van der Waals surface area contributed by atoms with Crippen molar-refractivity contribution in [3.8, 4) is 0 Å². The van der Waals surface area contributed by atoms with Crippen LogP contribution in [0, 0.1) is 0 Å². The van der Waals surface area contributed by atoms with Crippen molar-refractivity contribution in [2.75, 3.05) is 27.0 Å². The predicted octanol–water partition coefficient (Wildman–Crippen LogP) is 1.92. The third-order valence-electron chi connectivity index (χ3n) is 2.69. The minimum absolute atomic E-state index is 0.352. The number of carbonyl (C=O) groups excluding carboxylic acids is 1. The number of nitrogens with one attached hydrogen (secondary N) is 2. The van der Waals surface area contributed by atoms with Gasteiger partial charge in [0.05, 0.1) is 14.3 Å². The summed E-state index contributed by atoms with van der Waals surface area (Å²) < 4.78 is 132. The molecular formula is C16H21N3O2. The van der Waals surface area contributed by atoms with Crippen molar-refractivity contribution >= 4 is 17.0 Å². The Morgan fingerprint density at radius 1 is 1.62 bits per heavy atom. The molecule has 1 aliphatic rings. The Morgan fingerprint density at radius 3 is 3.29 bits per heavy atom. The molecule has 112 valence electrons. The molecule has 2 heterocycles. The second-order valence-corrected chi connectivity index (χ2v) is 4.13. The number of benzene rings is 1. The molecule has 1 atom stereocenters. The molecule has 1 amide bonds. The average molecular weight is 303 g/mol. The number of aromatic nitrogens is 1. The molecule has 2 N–H and O–H groups in total. The Bertz CT molecular complexity index is 1230. The summed E-state index contributed by atoms with van der Waals surface area (Å²) in [5, 5.41) is 1.47. The van der Waals surface area contributed by atoms with E-state index >= 15 is 0 Å². The van der Waals surface area contributed by atoms with Crippen LogP contribution in [0.1, 0.15) is 33.1 Å².